The Bertz CT molecular complexity index is 714. The average molecular weight is 340 g/mol. The molecule has 1 unspecified atom stereocenters. The standard InChI is InChI=1S/C21H28N2O2/c1-15-9-11-23(12-10-15)19(20-8-7-17(3)25-20)14-22-21(24)18-6-4-5-16(2)13-18/h4-8,13,15,19H,9-12,14H2,1-3H3,(H,22,24). The normalized spacial score (nSPS) is 17.4. The van der Waals surface area contributed by atoms with Gasteiger partial charge in [0.15, 0.2) is 0 Å². The third-order valence-corrected chi connectivity index (χ3v) is 5.08. The van der Waals surface area contributed by atoms with Crippen LogP contribution in [0.1, 0.15) is 53.2 Å². The molecule has 3 rings (SSSR count). The molecule has 0 spiro atoms. The molecule has 1 atom stereocenters. The zero-order valence-corrected chi connectivity index (χ0v) is 15.4. The SMILES string of the molecule is Cc1cccc(C(=O)NCC(c2ccc(C)o2)N2CCC(C)CC2)c1. The van der Waals surface area contributed by atoms with Crippen molar-refractivity contribution >= 4 is 5.91 Å². The van der Waals surface area contributed by atoms with E-state index in [1.54, 1.807) is 0 Å². The molecule has 1 aliphatic heterocycles. The van der Waals surface area contributed by atoms with Crippen molar-refractivity contribution in [3.63, 3.8) is 0 Å². The zero-order valence-electron chi connectivity index (χ0n) is 15.4. The second-order valence-electron chi connectivity index (χ2n) is 7.26. The molecule has 1 fully saturated rings. The predicted octanol–water partition coefficient (Wildman–Crippen LogP) is 4.10. The first-order chi connectivity index (χ1) is 12.0. The molecule has 0 radical (unpaired) electrons. The molecule has 2 aromatic rings. The van der Waals surface area contributed by atoms with E-state index < -0.39 is 0 Å². The van der Waals surface area contributed by atoms with Crippen LogP contribution in [-0.4, -0.2) is 30.4 Å². The van der Waals surface area contributed by atoms with Gasteiger partial charge in [-0.1, -0.05) is 24.6 Å². The fraction of sp³-hybridized carbons (Fsp3) is 0.476. The van der Waals surface area contributed by atoms with Gasteiger partial charge < -0.3 is 9.73 Å². The molecule has 0 saturated carbocycles. The first-order valence-electron chi connectivity index (χ1n) is 9.18. The van der Waals surface area contributed by atoms with Crippen LogP contribution in [0.2, 0.25) is 0 Å². The molecule has 134 valence electrons. The zero-order chi connectivity index (χ0) is 17.8. The number of benzene rings is 1. The number of nitrogens with zero attached hydrogens (tertiary/aromatic N) is 1. The van der Waals surface area contributed by atoms with Gasteiger partial charge in [0.05, 0.1) is 6.04 Å². The number of hydrogen-bond donors (Lipinski definition) is 1. The fourth-order valence-corrected chi connectivity index (χ4v) is 3.46. The van der Waals surface area contributed by atoms with Crippen LogP contribution in [0.5, 0.6) is 0 Å². The smallest absolute Gasteiger partial charge is 0.251 e. The molecule has 1 aromatic heterocycles. The summed E-state index contributed by atoms with van der Waals surface area (Å²) in [5.74, 6) is 2.60. The van der Waals surface area contributed by atoms with Crippen molar-refractivity contribution in [3.8, 4) is 0 Å². The number of piperidine rings is 1. The Morgan fingerprint density at radius 2 is 2.00 bits per heavy atom. The molecule has 0 aliphatic carbocycles. The lowest BCUT2D eigenvalue weighted by Gasteiger charge is -2.35. The quantitative estimate of drug-likeness (QED) is 0.891. The fourth-order valence-electron chi connectivity index (χ4n) is 3.46. The lowest BCUT2D eigenvalue weighted by molar-refractivity contribution is 0.0895. The minimum atomic E-state index is -0.0256. The van der Waals surface area contributed by atoms with Crippen molar-refractivity contribution in [3.05, 3.63) is 59.0 Å². The van der Waals surface area contributed by atoms with Crippen molar-refractivity contribution in [1.82, 2.24) is 10.2 Å². The number of hydrogen-bond acceptors (Lipinski definition) is 3. The third-order valence-electron chi connectivity index (χ3n) is 5.08. The van der Waals surface area contributed by atoms with Crippen LogP contribution in [0, 0.1) is 19.8 Å². The summed E-state index contributed by atoms with van der Waals surface area (Å²) >= 11 is 0. The first-order valence-corrected chi connectivity index (χ1v) is 9.18. The predicted molar refractivity (Wildman–Crippen MR) is 99.7 cm³/mol. The van der Waals surface area contributed by atoms with E-state index in [4.69, 9.17) is 4.42 Å². The van der Waals surface area contributed by atoms with Gasteiger partial charge in [-0.25, -0.2) is 0 Å². The van der Waals surface area contributed by atoms with Gasteiger partial charge >= 0.3 is 0 Å². The maximum absolute atomic E-state index is 12.5. The topological polar surface area (TPSA) is 45.5 Å². The van der Waals surface area contributed by atoms with Gasteiger partial charge in [0, 0.05) is 12.1 Å². The Morgan fingerprint density at radius 1 is 1.24 bits per heavy atom. The number of nitrogens with one attached hydrogen (secondary N) is 1. The molecule has 25 heavy (non-hydrogen) atoms. The summed E-state index contributed by atoms with van der Waals surface area (Å²) < 4.78 is 5.89. The van der Waals surface area contributed by atoms with Gasteiger partial charge in [-0.15, -0.1) is 0 Å². The number of furan rings is 1. The van der Waals surface area contributed by atoms with Gasteiger partial charge in [0.1, 0.15) is 11.5 Å². The number of carbonyl (C=O) groups excluding carboxylic acids is 1. The second-order valence-corrected chi connectivity index (χ2v) is 7.26. The lowest BCUT2D eigenvalue weighted by Crippen LogP contribution is -2.41. The number of likely N-dealkylation sites (tertiary alicyclic amines) is 1. The molecule has 0 bridgehead atoms. The molecule has 1 N–H and O–H groups in total. The van der Waals surface area contributed by atoms with E-state index in [-0.39, 0.29) is 11.9 Å². The molecule has 1 aromatic carbocycles. The molecule has 2 heterocycles. The Kier molecular flexibility index (Phi) is 5.59. The lowest BCUT2D eigenvalue weighted by atomic mass is 9.97. The Labute approximate surface area is 150 Å². The summed E-state index contributed by atoms with van der Waals surface area (Å²) in [7, 11) is 0. The number of rotatable bonds is 5. The summed E-state index contributed by atoms with van der Waals surface area (Å²) in [6.45, 7) is 8.93. The Balaban J connectivity index is 1.70. The van der Waals surface area contributed by atoms with E-state index in [1.807, 2.05) is 50.2 Å². The van der Waals surface area contributed by atoms with Gasteiger partial charge in [-0.2, -0.15) is 0 Å². The summed E-state index contributed by atoms with van der Waals surface area (Å²) in [4.78, 5) is 15.0. The van der Waals surface area contributed by atoms with Crippen molar-refractivity contribution in [1.29, 1.82) is 0 Å². The van der Waals surface area contributed by atoms with Crippen molar-refractivity contribution in [2.45, 2.75) is 39.7 Å². The maximum atomic E-state index is 12.5. The first kappa shape index (κ1) is 17.7. The van der Waals surface area contributed by atoms with Crippen LogP contribution in [0.25, 0.3) is 0 Å². The molecule has 1 amide bonds. The highest BCUT2D eigenvalue weighted by atomic mass is 16.3. The van der Waals surface area contributed by atoms with E-state index in [0.717, 1.165) is 36.1 Å². The highest BCUT2D eigenvalue weighted by molar-refractivity contribution is 5.94. The summed E-state index contributed by atoms with van der Waals surface area (Å²) in [5.41, 5.74) is 1.80. The van der Waals surface area contributed by atoms with Crippen LogP contribution < -0.4 is 5.32 Å². The molecular weight excluding hydrogens is 312 g/mol. The molecule has 4 heteroatoms. The van der Waals surface area contributed by atoms with Crippen LogP contribution in [0.3, 0.4) is 0 Å². The van der Waals surface area contributed by atoms with Crippen molar-refractivity contribution in [2.75, 3.05) is 19.6 Å². The Hall–Kier alpha value is -2.07. The number of aryl methyl sites for hydroxylation is 2. The molecule has 1 aliphatic rings. The van der Waals surface area contributed by atoms with Gasteiger partial charge in [-0.3, -0.25) is 9.69 Å². The largest absolute Gasteiger partial charge is 0.465 e. The van der Waals surface area contributed by atoms with Gasteiger partial charge in [0.2, 0.25) is 0 Å². The highest BCUT2D eigenvalue weighted by Crippen LogP contribution is 2.27. The summed E-state index contributed by atoms with van der Waals surface area (Å²) in [5, 5.41) is 3.10. The number of carbonyl (C=O) groups is 1. The van der Waals surface area contributed by atoms with Gasteiger partial charge in [-0.05, 0) is 70.0 Å². The summed E-state index contributed by atoms with van der Waals surface area (Å²) in [6.07, 6.45) is 2.39. The van der Waals surface area contributed by atoms with Gasteiger partial charge in [0.25, 0.3) is 5.91 Å². The van der Waals surface area contributed by atoms with E-state index in [1.165, 1.54) is 12.8 Å². The highest BCUT2D eigenvalue weighted by Gasteiger charge is 2.27. The average Bonchev–Trinajstić information content (AvgIpc) is 3.02. The van der Waals surface area contributed by atoms with Crippen LogP contribution in [0.4, 0.5) is 0 Å². The minimum absolute atomic E-state index is 0.0256. The maximum Gasteiger partial charge on any atom is 0.251 e. The van der Waals surface area contributed by atoms with E-state index in [2.05, 4.69) is 17.1 Å². The van der Waals surface area contributed by atoms with E-state index >= 15 is 0 Å². The molecule has 4 nitrogen and oxygen atoms in total. The van der Waals surface area contributed by atoms with Crippen LogP contribution >= 0.6 is 0 Å². The van der Waals surface area contributed by atoms with Crippen LogP contribution in [0.15, 0.2) is 40.8 Å². The second kappa shape index (κ2) is 7.87. The van der Waals surface area contributed by atoms with Crippen molar-refractivity contribution < 1.29 is 9.21 Å². The Morgan fingerprint density at radius 3 is 2.64 bits per heavy atom. The van der Waals surface area contributed by atoms with E-state index in [0.29, 0.717) is 12.1 Å². The summed E-state index contributed by atoms with van der Waals surface area (Å²) in [6, 6.07) is 11.8. The van der Waals surface area contributed by atoms with Crippen molar-refractivity contribution in [2.24, 2.45) is 5.92 Å². The molecular formula is C21H28N2O2. The third kappa shape index (κ3) is 4.51. The monoisotopic (exact) mass is 340 g/mol. The molecule has 1 saturated heterocycles. The minimum Gasteiger partial charge on any atom is -0.465 e. The number of amides is 1. The van der Waals surface area contributed by atoms with E-state index in [9.17, 15) is 4.79 Å². The van der Waals surface area contributed by atoms with Crippen LogP contribution in [-0.2, 0) is 0 Å².